The van der Waals surface area contributed by atoms with Crippen molar-refractivity contribution >= 4 is 11.9 Å². The predicted molar refractivity (Wildman–Crippen MR) is 58.6 cm³/mol. The molecule has 4 heteroatoms. The first-order valence-electron chi connectivity index (χ1n) is 5.54. The molecule has 16 heavy (non-hydrogen) atoms. The lowest BCUT2D eigenvalue weighted by Crippen LogP contribution is -2.54. The Balaban J connectivity index is 2.98. The van der Waals surface area contributed by atoms with Crippen molar-refractivity contribution in [3.8, 4) is 0 Å². The van der Waals surface area contributed by atoms with Gasteiger partial charge in [0.25, 0.3) is 0 Å². The van der Waals surface area contributed by atoms with Gasteiger partial charge in [0.2, 0.25) is 0 Å². The van der Waals surface area contributed by atoms with E-state index in [-0.39, 0.29) is 19.1 Å². The number of carbonyl (C=O) groups excluding carboxylic acids is 2. The predicted octanol–water partition coefficient (Wildman–Crippen LogP) is 1.70. The van der Waals surface area contributed by atoms with Gasteiger partial charge < -0.3 is 9.47 Å². The number of hydrogen-bond acceptors (Lipinski definition) is 4. The number of carbonyl (C=O) groups is 2. The topological polar surface area (TPSA) is 52.6 Å². The first kappa shape index (κ1) is 12.7. The van der Waals surface area contributed by atoms with Crippen molar-refractivity contribution in [2.75, 3.05) is 13.2 Å². The Morgan fingerprint density at radius 2 is 1.75 bits per heavy atom. The van der Waals surface area contributed by atoms with Crippen molar-refractivity contribution in [1.29, 1.82) is 0 Å². The molecule has 0 aromatic heterocycles. The molecule has 1 unspecified atom stereocenters. The molecule has 0 heterocycles. The molecular formula is C12H18O4. The molecule has 0 radical (unpaired) electrons. The summed E-state index contributed by atoms with van der Waals surface area (Å²) in [6.45, 7) is 9.53. The Bertz CT molecular complexity index is 301. The quantitative estimate of drug-likeness (QED) is 0.416. The van der Waals surface area contributed by atoms with Crippen LogP contribution in [0.15, 0.2) is 12.2 Å². The van der Waals surface area contributed by atoms with E-state index in [4.69, 9.17) is 9.47 Å². The van der Waals surface area contributed by atoms with Gasteiger partial charge in [0.05, 0.1) is 13.2 Å². The molecule has 0 aromatic carbocycles. The fourth-order valence-corrected chi connectivity index (χ4v) is 2.17. The summed E-state index contributed by atoms with van der Waals surface area (Å²) in [4.78, 5) is 23.8. The first-order valence-corrected chi connectivity index (χ1v) is 5.54. The molecule has 1 aliphatic rings. The van der Waals surface area contributed by atoms with Crippen LogP contribution in [0, 0.1) is 11.3 Å². The molecule has 1 fully saturated rings. The summed E-state index contributed by atoms with van der Waals surface area (Å²) in [7, 11) is 0. The fourth-order valence-electron chi connectivity index (χ4n) is 2.17. The fraction of sp³-hybridized carbons (Fsp3) is 0.667. The van der Waals surface area contributed by atoms with Gasteiger partial charge in [-0.25, -0.2) is 0 Å². The molecule has 0 saturated heterocycles. The van der Waals surface area contributed by atoms with Crippen LogP contribution in [0.4, 0.5) is 0 Å². The molecule has 0 spiro atoms. The normalized spacial score (nSPS) is 22.2. The van der Waals surface area contributed by atoms with Crippen LogP contribution in [-0.4, -0.2) is 25.2 Å². The molecule has 1 atom stereocenters. The molecular weight excluding hydrogens is 208 g/mol. The highest BCUT2D eigenvalue weighted by Crippen LogP contribution is 2.52. The second-order valence-electron chi connectivity index (χ2n) is 3.96. The Kier molecular flexibility index (Phi) is 3.73. The summed E-state index contributed by atoms with van der Waals surface area (Å²) >= 11 is 0. The van der Waals surface area contributed by atoms with Gasteiger partial charge >= 0.3 is 11.9 Å². The maximum Gasteiger partial charge on any atom is 0.327 e. The molecule has 0 N–H and O–H groups in total. The van der Waals surface area contributed by atoms with Crippen molar-refractivity contribution in [3.63, 3.8) is 0 Å². The van der Waals surface area contributed by atoms with Crippen LogP contribution in [0.5, 0.6) is 0 Å². The number of rotatable bonds is 4. The highest BCUT2D eigenvalue weighted by atomic mass is 16.6. The van der Waals surface area contributed by atoms with Crippen LogP contribution in [0.3, 0.4) is 0 Å². The summed E-state index contributed by atoms with van der Waals surface area (Å²) in [5.41, 5.74) is -0.664. The van der Waals surface area contributed by atoms with Gasteiger partial charge in [0, 0.05) is 0 Å². The van der Waals surface area contributed by atoms with Gasteiger partial charge in [-0.1, -0.05) is 13.5 Å². The average molecular weight is 226 g/mol. The SMILES string of the molecule is C=C1CC(C)C1(C(=O)OCC)C(=O)OCC. The monoisotopic (exact) mass is 226 g/mol. The third-order valence-electron chi connectivity index (χ3n) is 3.04. The number of hydrogen-bond donors (Lipinski definition) is 0. The van der Waals surface area contributed by atoms with Gasteiger partial charge in [0.1, 0.15) is 0 Å². The zero-order chi connectivity index (χ0) is 12.3. The van der Waals surface area contributed by atoms with E-state index in [2.05, 4.69) is 6.58 Å². The molecule has 1 aliphatic carbocycles. The third-order valence-corrected chi connectivity index (χ3v) is 3.04. The zero-order valence-electron chi connectivity index (χ0n) is 10.0. The maximum atomic E-state index is 11.9. The zero-order valence-corrected chi connectivity index (χ0v) is 10.0. The smallest absolute Gasteiger partial charge is 0.327 e. The van der Waals surface area contributed by atoms with Crippen molar-refractivity contribution in [3.05, 3.63) is 12.2 Å². The van der Waals surface area contributed by atoms with Crippen LogP contribution in [0.2, 0.25) is 0 Å². The second kappa shape index (κ2) is 4.68. The second-order valence-corrected chi connectivity index (χ2v) is 3.96. The van der Waals surface area contributed by atoms with E-state index in [1.54, 1.807) is 13.8 Å². The molecule has 0 aromatic rings. The van der Waals surface area contributed by atoms with Gasteiger partial charge in [-0.2, -0.15) is 0 Å². The minimum absolute atomic E-state index is 0.0990. The summed E-state index contributed by atoms with van der Waals surface area (Å²) in [6.07, 6.45) is 0.664. The van der Waals surface area contributed by atoms with Gasteiger partial charge in [-0.3, -0.25) is 9.59 Å². The Morgan fingerprint density at radius 3 is 2.00 bits per heavy atom. The van der Waals surface area contributed by atoms with Gasteiger partial charge in [-0.05, 0) is 31.8 Å². The Morgan fingerprint density at radius 1 is 1.31 bits per heavy atom. The largest absolute Gasteiger partial charge is 0.465 e. The standard InChI is InChI=1S/C12H18O4/c1-5-15-10(13)12(11(14)16-6-2)8(3)7-9(12)4/h9H,3,5-7H2,1-2,4H3. The molecule has 90 valence electrons. The number of ether oxygens (including phenoxy) is 2. The molecule has 1 rings (SSSR count). The highest BCUT2D eigenvalue weighted by Gasteiger charge is 2.61. The Labute approximate surface area is 95.6 Å². The lowest BCUT2D eigenvalue weighted by molar-refractivity contribution is -0.177. The van der Waals surface area contributed by atoms with E-state index < -0.39 is 17.4 Å². The van der Waals surface area contributed by atoms with Crippen molar-refractivity contribution in [1.82, 2.24) is 0 Å². The molecule has 0 aliphatic heterocycles. The summed E-state index contributed by atoms with van der Waals surface area (Å²) < 4.78 is 9.91. The van der Waals surface area contributed by atoms with Gasteiger partial charge in [0.15, 0.2) is 5.41 Å². The lowest BCUT2D eigenvalue weighted by Gasteiger charge is -2.44. The van der Waals surface area contributed by atoms with Crippen LogP contribution in [0.25, 0.3) is 0 Å². The molecule has 4 nitrogen and oxygen atoms in total. The highest BCUT2D eigenvalue weighted by molar-refractivity contribution is 6.05. The summed E-state index contributed by atoms with van der Waals surface area (Å²) in [6, 6.07) is 0. The maximum absolute atomic E-state index is 11.9. The van der Waals surface area contributed by atoms with E-state index >= 15 is 0 Å². The molecule has 0 amide bonds. The minimum atomic E-state index is -1.26. The molecule has 0 bridgehead atoms. The van der Waals surface area contributed by atoms with E-state index in [9.17, 15) is 9.59 Å². The van der Waals surface area contributed by atoms with Crippen molar-refractivity contribution in [2.45, 2.75) is 27.2 Å². The van der Waals surface area contributed by atoms with Gasteiger partial charge in [-0.15, -0.1) is 0 Å². The first-order chi connectivity index (χ1) is 7.51. The van der Waals surface area contributed by atoms with Crippen LogP contribution in [-0.2, 0) is 19.1 Å². The van der Waals surface area contributed by atoms with E-state index in [0.29, 0.717) is 12.0 Å². The van der Waals surface area contributed by atoms with E-state index in [1.807, 2.05) is 6.92 Å². The average Bonchev–Trinajstić information content (AvgIpc) is 2.18. The van der Waals surface area contributed by atoms with Crippen LogP contribution < -0.4 is 0 Å². The van der Waals surface area contributed by atoms with E-state index in [1.165, 1.54) is 0 Å². The van der Waals surface area contributed by atoms with Crippen LogP contribution >= 0.6 is 0 Å². The van der Waals surface area contributed by atoms with Crippen LogP contribution in [0.1, 0.15) is 27.2 Å². The van der Waals surface area contributed by atoms with E-state index in [0.717, 1.165) is 0 Å². The lowest BCUT2D eigenvalue weighted by atomic mass is 9.57. The summed E-state index contributed by atoms with van der Waals surface area (Å²) in [5, 5.41) is 0. The number of esters is 2. The van der Waals surface area contributed by atoms with Crippen molar-refractivity contribution < 1.29 is 19.1 Å². The van der Waals surface area contributed by atoms with Crippen molar-refractivity contribution in [2.24, 2.45) is 11.3 Å². The molecule has 1 saturated carbocycles. The Hall–Kier alpha value is -1.32. The third kappa shape index (κ3) is 1.62. The summed E-state index contributed by atoms with van der Waals surface area (Å²) in [5.74, 6) is -1.16. The minimum Gasteiger partial charge on any atom is -0.465 e.